The van der Waals surface area contributed by atoms with E-state index < -0.39 is 0 Å². The molecule has 1 aromatic heterocycles. The van der Waals surface area contributed by atoms with Crippen molar-refractivity contribution in [3.63, 3.8) is 0 Å². The second kappa shape index (κ2) is 7.14. The van der Waals surface area contributed by atoms with Gasteiger partial charge in [-0.15, -0.1) is 0 Å². The molecule has 1 atom stereocenters. The van der Waals surface area contributed by atoms with E-state index in [9.17, 15) is 4.39 Å². The number of hydrogen-bond donors (Lipinski definition) is 1. The van der Waals surface area contributed by atoms with Crippen LogP contribution in [0.5, 0.6) is 0 Å². The van der Waals surface area contributed by atoms with Gasteiger partial charge in [0.15, 0.2) is 0 Å². The maximum atomic E-state index is 12.9. The summed E-state index contributed by atoms with van der Waals surface area (Å²) in [5.41, 5.74) is 1.12. The molecule has 0 fully saturated rings. The third kappa shape index (κ3) is 3.87. The molecule has 0 aliphatic rings. The Morgan fingerprint density at radius 3 is 2.60 bits per heavy atom. The smallest absolute Gasteiger partial charge is 0.138 e. The molecule has 0 aliphatic heterocycles. The first-order chi connectivity index (χ1) is 9.72. The number of likely N-dealkylation sites (N-methyl/N-ethyl adjacent to an activating group) is 1. The Balaban J connectivity index is 2.05. The van der Waals surface area contributed by atoms with Crippen molar-refractivity contribution >= 4 is 0 Å². The first-order valence-electron chi connectivity index (χ1n) is 7.07. The summed E-state index contributed by atoms with van der Waals surface area (Å²) in [5, 5.41) is 7.66. The predicted octanol–water partition coefficient (Wildman–Crippen LogP) is 2.20. The Bertz CT molecular complexity index is 521. The predicted molar refractivity (Wildman–Crippen MR) is 77.0 cm³/mol. The molecule has 1 N–H and O–H groups in total. The van der Waals surface area contributed by atoms with Gasteiger partial charge in [-0.3, -0.25) is 4.68 Å². The van der Waals surface area contributed by atoms with Crippen LogP contribution in [0.3, 0.4) is 0 Å². The summed E-state index contributed by atoms with van der Waals surface area (Å²) >= 11 is 0. The molecular weight excluding hydrogens is 255 g/mol. The normalized spacial score (nSPS) is 12.6. The highest BCUT2D eigenvalue weighted by molar-refractivity contribution is 5.17. The minimum atomic E-state index is -0.195. The van der Waals surface area contributed by atoms with Crippen LogP contribution in [0.15, 0.2) is 30.6 Å². The van der Waals surface area contributed by atoms with Crippen molar-refractivity contribution in [2.24, 2.45) is 0 Å². The number of nitrogens with zero attached hydrogens (tertiary/aromatic N) is 3. The van der Waals surface area contributed by atoms with E-state index in [-0.39, 0.29) is 11.9 Å². The molecule has 0 saturated heterocycles. The molecule has 20 heavy (non-hydrogen) atoms. The number of nitrogens with one attached hydrogen (secondary N) is 1. The van der Waals surface area contributed by atoms with Gasteiger partial charge in [-0.25, -0.2) is 9.37 Å². The summed E-state index contributed by atoms with van der Waals surface area (Å²) in [7, 11) is 0. The van der Waals surface area contributed by atoms with E-state index >= 15 is 0 Å². The second-order valence-corrected chi connectivity index (χ2v) is 4.78. The minimum Gasteiger partial charge on any atom is -0.313 e. The average Bonchev–Trinajstić information content (AvgIpc) is 2.89. The first-order valence-corrected chi connectivity index (χ1v) is 7.07. The van der Waals surface area contributed by atoms with Crippen LogP contribution in [0, 0.1) is 5.82 Å². The third-order valence-corrected chi connectivity index (χ3v) is 3.31. The summed E-state index contributed by atoms with van der Waals surface area (Å²) in [4.78, 5) is 4.32. The quantitative estimate of drug-likeness (QED) is 0.843. The van der Waals surface area contributed by atoms with E-state index in [0.29, 0.717) is 0 Å². The highest BCUT2D eigenvalue weighted by Gasteiger charge is 2.13. The zero-order chi connectivity index (χ0) is 14.4. The monoisotopic (exact) mass is 276 g/mol. The van der Waals surface area contributed by atoms with Crippen molar-refractivity contribution in [2.45, 2.75) is 39.3 Å². The first kappa shape index (κ1) is 14.7. The van der Waals surface area contributed by atoms with Gasteiger partial charge < -0.3 is 5.32 Å². The number of rotatable bonds is 7. The highest BCUT2D eigenvalue weighted by atomic mass is 19.1. The summed E-state index contributed by atoms with van der Waals surface area (Å²) in [6.45, 7) is 5.86. The molecule has 0 saturated carbocycles. The van der Waals surface area contributed by atoms with Crippen LogP contribution >= 0.6 is 0 Å². The standard InChI is InChI=1S/C15H21FN4/c1-3-17-14(9-12-5-7-13(16)8-6-12)10-15-18-11-19-20(15)4-2/h5-8,11,14,17H,3-4,9-10H2,1-2H3. The van der Waals surface area contributed by atoms with Gasteiger partial charge in [0.1, 0.15) is 18.0 Å². The topological polar surface area (TPSA) is 42.7 Å². The number of halogens is 1. The van der Waals surface area contributed by atoms with E-state index in [4.69, 9.17) is 0 Å². The van der Waals surface area contributed by atoms with Crippen molar-refractivity contribution in [1.82, 2.24) is 20.1 Å². The van der Waals surface area contributed by atoms with Gasteiger partial charge in [-0.05, 0) is 37.6 Å². The molecule has 0 bridgehead atoms. The summed E-state index contributed by atoms with van der Waals surface area (Å²) in [6.07, 6.45) is 3.27. The third-order valence-electron chi connectivity index (χ3n) is 3.31. The van der Waals surface area contributed by atoms with Crippen LogP contribution in [0.25, 0.3) is 0 Å². The van der Waals surface area contributed by atoms with Crippen LogP contribution < -0.4 is 5.32 Å². The lowest BCUT2D eigenvalue weighted by molar-refractivity contribution is 0.489. The molecule has 0 amide bonds. The lowest BCUT2D eigenvalue weighted by atomic mass is 10.0. The molecule has 4 nitrogen and oxygen atoms in total. The maximum absolute atomic E-state index is 12.9. The summed E-state index contributed by atoms with van der Waals surface area (Å²) < 4.78 is 14.9. The number of benzene rings is 1. The molecule has 5 heteroatoms. The van der Waals surface area contributed by atoms with Gasteiger partial charge in [0, 0.05) is 19.0 Å². The molecule has 0 spiro atoms. The SMILES string of the molecule is CCNC(Cc1ccc(F)cc1)Cc1ncnn1CC. The van der Waals surface area contributed by atoms with Gasteiger partial charge in [0.25, 0.3) is 0 Å². The molecule has 2 aromatic rings. The lowest BCUT2D eigenvalue weighted by Gasteiger charge is -2.17. The zero-order valence-corrected chi connectivity index (χ0v) is 12.0. The van der Waals surface area contributed by atoms with Crippen LogP contribution in [0.1, 0.15) is 25.2 Å². The molecule has 1 aromatic carbocycles. The van der Waals surface area contributed by atoms with Gasteiger partial charge >= 0.3 is 0 Å². The van der Waals surface area contributed by atoms with Gasteiger partial charge in [0.2, 0.25) is 0 Å². The van der Waals surface area contributed by atoms with Crippen molar-refractivity contribution in [3.05, 3.63) is 47.8 Å². The fraction of sp³-hybridized carbons (Fsp3) is 0.467. The van der Waals surface area contributed by atoms with Crippen molar-refractivity contribution < 1.29 is 4.39 Å². The molecule has 0 aliphatic carbocycles. The summed E-state index contributed by atoms with van der Waals surface area (Å²) in [6, 6.07) is 6.97. The van der Waals surface area contributed by atoms with Crippen LogP contribution in [-0.2, 0) is 19.4 Å². The van der Waals surface area contributed by atoms with Crippen LogP contribution in [0.2, 0.25) is 0 Å². The van der Waals surface area contributed by atoms with Gasteiger partial charge in [0.05, 0.1) is 0 Å². The maximum Gasteiger partial charge on any atom is 0.138 e. The molecule has 108 valence electrons. The van der Waals surface area contributed by atoms with E-state index in [2.05, 4.69) is 29.2 Å². The van der Waals surface area contributed by atoms with E-state index in [1.54, 1.807) is 6.33 Å². The second-order valence-electron chi connectivity index (χ2n) is 4.78. The zero-order valence-electron chi connectivity index (χ0n) is 12.0. The molecule has 2 rings (SSSR count). The van der Waals surface area contributed by atoms with Gasteiger partial charge in [-0.1, -0.05) is 19.1 Å². The van der Waals surface area contributed by atoms with Crippen LogP contribution in [-0.4, -0.2) is 27.4 Å². The summed E-state index contributed by atoms with van der Waals surface area (Å²) in [5.74, 6) is 0.792. The minimum absolute atomic E-state index is 0.195. The fourth-order valence-electron chi connectivity index (χ4n) is 2.34. The van der Waals surface area contributed by atoms with Crippen LogP contribution in [0.4, 0.5) is 4.39 Å². The Hall–Kier alpha value is -1.75. The van der Waals surface area contributed by atoms with E-state index in [0.717, 1.165) is 37.3 Å². The Kier molecular flexibility index (Phi) is 5.24. The Labute approximate surface area is 119 Å². The Morgan fingerprint density at radius 2 is 1.95 bits per heavy atom. The lowest BCUT2D eigenvalue weighted by Crippen LogP contribution is -2.34. The molecule has 1 unspecified atom stereocenters. The van der Waals surface area contributed by atoms with Crippen molar-refractivity contribution in [1.29, 1.82) is 0 Å². The van der Waals surface area contributed by atoms with Gasteiger partial charge in [-0.2, -0.15) is 5.10 Å². The molecule has 1 heterocycles. The highest BCUT2D eigenvalue weighted by Crippen LogP contribution is 2.09. The van der Waals surface area contributed by atoms with Crippen molar-refractivity contribution in [3.8, 4) is 0 Å². The van der Waals surface area contributed by atoms with Crippen molar-refractivity contribution in [2.75, 3.05) is 6.54 Å². The average molecular weight is 276 g/mol. The van der Waals surface area contributed by atoms with E-state index in [1.165, 1.54) is 12.1 Å². The largest absolute Gasteiger partial charge is 0.313 e. The number of hydrogen-bond acceptors (Lipinski definition) is 3. The fourth-order valence-corrected chi connectivity index (χ4v) is 2.34. The number of aromatic nitrogens is 3. The number of aryl methyl sites for hydroxylation is 1. The Morgan fingerprint density at radius 1 is 1.20 bits per heavy atom. The molecular formula is C15H21FN4. The van der Waals surface area contributed by atoms with E-state index in [1.807, 2.05) is 16.8 Å². The molecule has 0 radical (unpaired) electrons.